The van der Waals surface area contributed by atoms with Gasteiger partial charge in [-0.15, -0.1) is 0 Å². The lowest BCUT2D eigenvalue weighted by molar-refractivity contribution is 0.0418. The van der Waals surface area contributed by atoms with Gasteiger partial charge >= 0.3 is 0 Å². The highest BCUT2D eigenvalue weighted by atomic mass is 15.2. The Labute approximate surface area is 108 Å². The molecule has 0 amide bonds. The summed E-state index contributed by atoms with van der Waals surface area (Å²) in [5.41, 5.74) is 6.46. The van der Waals surface area contributed by atoms with Crippen molar-refractivity contribution in [3.05, 3.63) is 0 Å². The van der Waals surface area contributed by atoms with E-state index in [0.29, 0.717) is 5.41 Å². The smallest absolute Gasteiger partial charge is 0.00903 e. The number of hydrogen-bond acceptors (Lipinski definition) is 2. The quantitative estimate of drug-likeness (QED) is 0.705. The van der Waals surface area contributed by atoms with E-state index in [9.17, 15) is 0 Å². The normalized spacial score (nSPS) is 19.1. The van der Waals surface area contributed by atoms with Crippen molar-refractivity contribution < 1.29 is 0 Å². The molecule has 1 aliphatic rings. The number of hydrogen-bond donors (Lipinski definition) is 1. The Morgan fingerprint density at radius 3 is 2.06 bits per heavy atom. The van der Waals surface area contributed by atoms with Crippen LogP contribution in [0.15, 0.2) is 0 Å². The molecule has 0 atom stereocenters. The standard InChI is InChI=1S/C15H32N2/c1-5-14(6-2)17(10-13(3)4)12-15(11-16)8-7-9-15/h13-14H,5-12,16H2,1-4H3. The highest BCUT2D eigenvalue weighted by molar-refractivity contribution is 4.92. The molecule has 1 saturated carbocycles. The molecule has 0 aromatic heterocycles. The molecule has 0 heterocycles. The van der Waals surface area contributed by atoms with E-state index in [2.05, 4.69) is 32.6 Å². The molecule has 2 N–H and O–H groups in total. The summed E-state index contributed by atoms with van der Waals surface area (Å²) in [5.74, 6) is 0.755. The Morgan fingerprint density at radius 1 is 1.18 bits per heavy atom. The van der Waals surface area contributed by atoms with Crippen LogP contribution in [0.25, 0.3) is 0 Å². The zero-order chi connectivity index (χ0) is 12.9. The van der Waals surface area contributed by atoms with Crippen molar-refractivity contribution in [1.82, 2.24) is 4.90 Å². The summed E-state index contributed by atoms with van der Waals surface area (Å²) in [7, 11) is 0. The van der Waals surface area contributed by atoms with Crippen molar-refractivity contribution in [3.63, 3.8) is 0 Å². The maximum atomic E-state index is 6.00. The lowest BCUT2D eigenvalue weighted by Crippen LogP contribution is -2.50. The summed E-state index contributed by atoms with van der Waals surface area (Å²) < 4.78 is 0. The Balaban J connectivity index is 2.61. The molecule has 0 radical (unpaired) electrons. The molecule has 1 fully saturated rings. The first-order valence-corrected chi connectivity index (χ1v) is 7.51. The molecule has 102 valence electrons. The number of nitrogens with zero attached hydrogens (tertiary/aromatic N) is 1. The van der Waals surface area contributed by atoms with Crippen molar-refractivity contribution in [2.24, 2.45) is 17.1 Å². The second kappa shape index (κ2) is 6.75. The van der Waals surface area contributed by atoms with E-state index in [-0.39, 0.29) is 0 Å². The lowest BCUT2D eigenvalue weighted by atomic mass is 9.68. The van der Waals surface area contributed by atoms with E-state index in [4.69, 9.17) is 5.73 Å². The molecule has 0 spiro atoms. The largest absolute Gasteiger partial charge is 0.330 e. The lowest BCUT2D eigenvalue weighted by Gasteiger charge is -2.46. The van der Waals surface area contributed by atoms with Gasteiger partial charge in [-0.3, -0.25) is 4.90 Å². The van der Waals surface area contributed by atoms with Gasteiger partial charge in [0.05, 0.1) is 0 Å². The van der Waals surface area contributed by atoms with E-state index in [0.717, 1.165) is 18.5 Å². The monoisotopic (exact) mass is 240 g/mol. The Morgan fingerprint density at radius 2 is 1.76 bits per heavy atom. The summed E-state index contributed by atoms with van der Waals surface area (Å²) in [6, 6.07) is 0.751. The first kappa shape index (κ1) is 15.0. The van der Waals surface area contributed by atoms with Gasteiger partial charge in [-0.25, -0.2) is 0 Å². The molecule has 1 aliphatic carbocycles. The zero-order valence-electron chi connectivity index (χ0n) is 12.3. The minimum Gasteiger partial charge on any atom is -0.330 e. The molecule has 0 aliphatic heterocycles. The second-order valence-corrected chi connectivity index (χ2v) is 6.35. The first-order valence-electron chi connectivity index (χ1n) is 7.51. The van der Waals surface area contributed by atoms with Crippen LogP contribution in [0.1, 0.15) is 59.8 Å². The van der Waals surface area contributed by atoms with E-state index < -0.39 is 0 Å². The van der Waals surface area contributed by atoms with Crippen LogP contribution in [0.5, 0.6) is 0 Å². The third-order valence-corrected chi connectivity index (χ3v) is 4.44. The van der Waals surface area contributed by atoms with Crippen LogP contribution in [0, 0.1) is 11.3 Å². The Bertz CT molecular complexity index is 199. The SMILES string of the molecule is CCC(CC)N(CC(C)C)CC1(CN)CCC1. The molecule has 0 bridgehead atoms. The average molecular weight is 240 g/mol. The summed E-state index contributed by atoms with van der Waals surface area (Å²) in [6.45, 7) is 12.6. The van der Waals surface area contributed by atoms with E-state index >= 15 is 0 Å². The van der Waals surface area contributed by atoms with Gasteiger partial charge in [0.15, 0.2) is 0 Å². The van der Waals surface area contributed by atoms with Crippen molar-refractivity contribution in [1.29, 1.82) is 0 Å². The fraction of sp³-hybridized carbons (Fsp3) is 1.00. The maximum Gasteiger partial charge on any atom is 0.00903 e. The number of rotatable bonds is 8. The van der Waals surface area contributed by atoms with Crippen LogP contribution in [0.2, 0.25) is 0 Å². The summed E-state index contributed by atoms with van der Waals surface area (Å²) in [6.07, 6.45) is 6.61. The molecule has 17 heavy (non-hydrogen) atoms. The molecule has 2 heteroatoms. The molecule has 0 unspecified atom stereocenters. The van der Waals surface area contributed by atoms with Crippen molar-refractivity contribution >= 4 is 0 Å². The molecule has 1 rings (SSSR count). The van der Waals surface area contributed by atoms with E-state index in [1.54, 1.807) is 0 Å². The van der Waals surface area contributed by atoms with Gasteiger partial charge in [0.2, 0.25) is 0 Å². The van der Waals surface area contributed by atoms with E-state index in [1.165, 1.54) is 45.2 Å². The second-order valence-electron chi connectivity index (χ2n) is 6.35. The van der Waals surface area contributed by atoms with Gasteiger partial charge in [0.25, 0.3) is 0 Å². The van der Waals surface area contributed by atoms with Crippen LogP contribution in [0.4, 0.5) is 0 Å². The molecular formula is C15H32N2. The van der Waals surface area contributed by atoms with E-state index in [1.807, 2.05) is 0 Å². The van der Waals surface area contributed by atoms with Gasteiger partial charge in [-0.05, 0) is 43.6 Å². The molecule has 0 aromatic carbocycles. The molecule has 0 saturated heterocycles. The van der Waals surface area contributed by atoms with Gasteiger partial charge in [0, 0.05) is 19.1 Å². The highest BCUT2D eigenvalue weighted by Crippen LogP contribution is 2.41. The summed E-state index contributed by atoms with van der Waals surface area (Å²) in [4.78, 5) is 2.72. The molecule has 0 aromatic rings. The molecule has 2 nitrogen and oxygen atoms in total. The van der Waals surface area contributed by atoms with Gasteiger partial charge < -0.3 is 5.73 Å². The third-order valence-electron chi connectivity index (χ3n) is 4.44. The van der Waals surface area contributed by atoms with Crippen LogP contribution in [-0.4, -0.2) is 30.6 Å². The highest BCUT2D eigenvalue weighted by Gasteiger charge is 2.38. The van der Waals surface area contributed by atoms with Crippen molar-refractivity contribution in [3.8, 4) is 0 Å². The first-order chi connectivity index (χ1) is 8.06. The Hall–Kier alpha value is -0.0800. The van der Waals surface area contributed by atoms with Crippen LogP contribution < -0.4 is 5.73 Å². The van der Waals surface area contributed by atoms with Crippen LogP contribution >= 0.6 is 0 Å². The number of nitrogens with two attached hydrogens (primary N) is 1. The van der Waals surface area contributed by atoms with Gasteiger partial charge in [-0.2, -0.15) is 0 Å². The molecular weight excluding hydrogens is 208 g/mol. The van der Waals surface area contributed by atoms with Crippen molar-refractivity contribution in [2.75, 3.05) is 19.6 Å². The Kier molecular flexibility index (Phi) is 5.94. The third kappa shape index (κ3) is 3.96. The van der Waals surface area contributed by atoms with Crippen molar-refractivity contribution in [2.45, 2.75) is 65.8 Å². The summed E-state index contributed by atoms with van der Waals surface area (Å²) in [5, 5.41) is 0. The summed E-state index contributed by atoms with van der Waals surface area (Å²) >= 11 is 0. The maximum absolute atomic E-state index is 6.00. The average Bonchev–Trinajstić information content (AvgIpc) is 2.24. The predicted octanol–water partition coefficient (Wildman–Crippen LogP) is 3.26. The minimum atomic E-state index is 0.456. The fourth-order valence-corrected chi connectivity index (χ4v) is 3.15. The van der Waals surface area contributed by atoms with Gasteiger partial charge in [-0.1, -0.05) is 34.1 Å². The van der Waals surface area contributed by atoms with Crippen LogP contribution in [0.3, 0.4) is 0 Å². The van der Waals surface area contributed by atoms with Crippen LogP contribution in [-0.2, 0) is 0 Å². The van der Waals surface area contributed by atoms with Gasteiger partial charge in [0.1, 0.15) is 0 Å². The fourth-order valence-electron chi connectivity index (χ4n) is 3.15. The predicted molar refractivity (Wildman–Crippen MR) is 76.1 cm³/mol. The zero-order valence-corrected chi connectivity index (χ0v) is 12.3. The minimum absolute atomic E-state index is 0.456. The topological polar surface area (TPSA) is 29.3 Å².